The Labute approximate surface area is 373 Å². The second-order valence-corrected chi connectivity index (χ2v) is 18.0. The number of primary amides is 1. The highest BCUT2D eigenvalue weighted by Crippen LogP contribution is 2.40. The molecular weight excluding hydrogens is 849 g/mol. The van der Waals surface area contributed by atoms with E-state index in [4.69, 9.17) is 43.4 Å². The average Bonchev–Trinajstić information content (AvgIpc) is 3.58. The number of hydrogen-bond donors (Lipinski definition) is 3. The van der Waals surface area contributed by atoms with Gasteiger partial charge in [-0.3, -0.25) is 34.2 Å². The van der Waals surface area contributed by atoms with Crippen molar-refractivity contribution in [2.24, 2.45) is 5.73 Å². The highest BCUT2D eigenvalue weighted by molar-refractivity contribution is 6.34. The van der Waals surface area contributed by atoms with Crippen molar-refractivity contribution in [1.82, 2.24) is 29.7 Å². The molecule has 1 aliphatic carbocycles. The first-order valence-electron chi connectivity index (χ1n) is 21.5. The van der Waals surface area contributed by atoms with Crippen LogP contribution in [0.4, 0.5) is 17.5 Å². The van der Waals surface area contributed by atoms with Crippen LogP contribution in [0.1, 0.15) is 86.3 Å². The number of benzene rings is 2. The van der Waals surface area contributed by atoms with Gasteiger partial charge in [-0.05, 0) is 93.8 Å². The number of nitrogens with zero attached hydrogens (tertiary/aromatic N) is 6. The number of piperidine rings is 2. The zero-order chi connectivity index (χ0) is 44.1. The molecule has 2 aromatic heterocycles. The number of aromatic nitrogens is 3. The van der Waals surface area contributed by atoms with Gasteiger partial charge in [0.25, 0.3) is 17.4 Å². The fourth-order valence-electron chi connectivity index (χ4n) is 9.42. The summed E-state index contributed by atoms with van der Waals surface area (Å²) in [5.41, 5.74) is 9.68. The van der Waals surface area contributed by atoms with Gasteiger partial charge in [0, 0.05) is 73.4 Å². The molecule has 4 aliphatic heterocycles. The fraction of sp³-hybridized carbons (Fsp3) is 0.444. The van der Waals surface area contributed by atoms with E-state index < -0.39 is 24.5 Å². The lowest BCUT2D eigenvalue weighted by molar-refractivity contribution is -0.137. The number of hydrogen-bond acceptors (Lipinski definition) is 12. The lowest BCUT2D eigenvalue weighted by atomic mass is 9.85. The Hall–Kier alpha value is -5.55. The Morgan fingerprint density at radius 1 is 0.984 bits per heavy atom. The Bertz CT molecular complexity index is 2600. The summed E-state index contributed by atoms with van der Waals surface area (Å²) < 4.78 is 13.7. The molecule has 3 fully saturated rings. The Morgan fingerprint density at radius 2 is 1.76 bits per heavy atom. The standard InChI is InChI=1S/C45H49Cl2N9O7/c1-24(2)56-35-6-3-27(17-26(35)18-37(44(56)61)62-23-38(48)57)50-41-34(46)21-49-45(52-41)54-15-11-29(12-16-54)63-30-19-28(20-30)53-13-9-25(10-14-53)31-4-5-32-33(40(31)47)22-55(43(32)60)36-7-8-39(58)51-42(36)59/h3-6,9,17-18,21,24,28-30,36H,7-8,10-16,19-20,22-23H2,1-2H3,(H2,48,57)(H,49,50,52)(H,51,58,59)/t28-,30-,36?. The van der Waals surface area contributed by atoms with E-state index in [9.17, 15) is 24.0 Å². The first-order chi connectivity index (χ1) is 30.3. The molecule has 4 N–H and O–H groups in total. The van der Waals surface area contributed by atoms with Crippen LogP contribution < -0.4 is 31.6 Å². The topological polar surface area (TPSA) is 194 Å². The summed E-state index contributed by atoms with van der Waals surface area (Å²) in [7, 11) is 0. The molecule has 1 saturated carbocycles. The van der Waals surface area contributed by atoms with Crippen molar-refractivity contribution in [3.05, 3.63) is 85.8 Å². The van der Waals surface area contributed by atoms with Gasteiger partial charge in [0.2, 0.25) is 17.8 Å². The number of ether oxygens (including phenoxy) is 2. The van der Waals surface area contributed by atoms with Crippen LogP contribution in [0, 0.1) is 0 Å². The lowest BCUT2D eigenvalue weighted by Gasteiger charge is -2.45. The first-order valence-corrected chi connectivity index (χ1v) is 22.3. The molecule has 9 rings (SSSR count). The molecule has 4 amide bonds. The van der Waals surface area contributed by atoms with Crippen LogP contribution in [0.5, 0.6) is 5.75 Å². The van der Waals surface area contributed by atoms with Gasteiger partial charge in [0.1, 0.15) is 11.1 Å². The normalized spacial score (nSPS) is 22.0. The number of nitrogens with one attached hydrogen (secondary N) is 2. The van der Waals surface area contributed by atoms with Crippen molar-refractivity contribution >= 4 is 80.8 Å². The van der Waals surface area contributed by atoms with Gasteiger partial charge in [-0.2, -0.15) is 4.98 Å². The fourth-order valence-corrected chi connectivity index (χ4v) is 9.91. The van der Waals surface area contributed by atoms with Gasteiger partial charge in [0.15, 0.2) is 18.2 Å². The highest BCUT2D eigenvalue weighted by atomic mass is 35.5. The monoisotopic (exact) mass is 897 g/mol. The van der Waals surface area contributed by atoms with Gasteiger partial charge in [-0.25, -0.2) is 4.98 Å². The molecule has 1 unspecified atom stereocenters. The van der Waals surface area contributed by atoms with E-state index in [1.165, 1.54) is 4.90 Å². The van der Waals surface area contributed by atoms with Gasteiger partial charge < -0.3 is 34.9 Å². The van der Waals surface area contributed by atoms with E-state index in [1.54, 1.807) is 16.8 Å². The molecule has 2 saturated heterocycles. The molecule has 18 heteroatoms. The summed E-state index contributed by atoms with van der Waals surface area (Å²) in [5, 5.41) is 7.31. The Balaban J connectivity index is 0.760. The number of anilines is 3. The zero-order valence-electron chi connectivity index (χ0n) is 35.1. The molecule has 6 heterocycles. The second-order valence-electron chi connectivity index (χ2n) is 17.2. The smallest absolute Gasteiger partial charge is 0.293 e. The van der Waals surface area contributed by atoms with E-state index in [0.717, 1.165) is 80.4 Å². The predicted molar refractivity (Wildman–Crippen MR) is 238 cm³/mol. The van der Waals surface area contributed by atoms with Crippen molar-refractivity contribution in [2.75, 3.05) is 43.0 Å². The van der Waals surface area contributed by atoms with Crippen LogP contribution in [-0.4, -0.2) is 105 Å². The van der Waals surface area contributed by atoms with Gasteiger partial charge in [-0.15, -0.1) is 0 Å². The molecule has 0 bridgehead atoms. The quantitative estimate of drug-likeness (QED) is 0.155. The number of amides is 4. The van der Waals surface area contributed by atoms with E-state index in [2.05, 4.69) is 31.5 Å². The van der Waals surface area contributed by atoms with Crippen molar-refractivity contribution in [1.29, 1.82) is 0 Å². The van der Waals surface area contributed by atoms with E-state index >= 15 is 0 Å². The average molecular weight is 899 g/mol. The molecule has 16 nitrogen and oxygen atoms in total. The third-order valence-corrected chi connectivity index (χ3v) is 13.5. The minimum atomic E-state index is -0.676. The maximum atomic E-state index is 13.2. The number of pyridine rings is 1. The van der Waals surface area contributed by atoms with E-state index in [-0.39, 0.29) is 54.3 Å². The van der Waals surface area contributed by atoms with Crippen LogP contribution in [0.2, 0.25) is 10.0 Å². The minimum Gasteiger partial charge on any atom is -0.478 e. The third-order valence-electron chi connectivity index (χ3n) is 12.8. The summed E-state index contributed by atoms with van der Waals surface area (Å²) in [5.74, 6) is -0.583. The van der Waals surface area contributed by atoms with Crippen LogP contribution in [0.25, 0.3) is 16.5 Å². The zero-order valence-corrected chi connectivity index (χ0v) is 36.6. The number of carbonyl (C=O) groups excluding carboxylic acids is 4. The number of rotatable bonds is 12. The van der Waals surface area contributed by atoms with Gasteiger partial charge >= 0.3 is 0 Å². The molecule has 4 aromatic rings. The van der Waals surface area contributed by atoms with Crippen LogP contribution >= 0.6 is 23.2 Å². The molecule has 330 valence electrons. The van der Waals surface area contributed by atoms with Crippen molar-refractivity contribution < 1.29 is 28.7 Å². The maximum absolute atomic E-state index is 13.2. The van der Waals surface area contributed by atoms with E-state index in [0.29, 0.717) is 51.0 Å². The number of nitrogens with two attached hydrogens (primary N) is 1. The van der Waals surface area contributed by atoms with Crippen LogP contribution in [0.3, 0.4) is 0 Å². The number of imide groups is 1. The SMILES string of the molecule is CC(C)n1c(=O)c(OCC(N)=O)cc2cc(Nc3nc(N4CCC(O[C@H]5C[C@H](N6CC=C(c7ccc8c(c7Cl)CN(C7CCC(=O)NC7=O)C8=O)CC6)C5)CC4)ncc3Cl)ccc21. The lowest BCUT2D eigenvalue weighted by Crippen LogP contribution is -2.52. The molecule has 63 heavy (non-hydrogen) atoms. The highest BCUT2D eigenvalue weighted by Gasteiger charge is 2.41. The molecule has 0 spiro atoms. The van der Waals surface area contributed by atoms with Crippen molar-refractivity contribution in [3.63, 3.8) is 0 Å². The Kier molecular flexibility index (Phi) is 11.9. The second kappa shape index (κ2) is 17.5. The van der Waals surface area contributed by atoms with Crippen LogP contribution in [0.15, 0.2) is 53.5 Å². The summed E-state index contributed by atoms with van der Waals surface area (Å²) in [4.78, 5) is 77.4. The molecule has 5 aliphatic rings. The molecule has 0 radical (unpaired) electrons. The summed E-state index contributed by atoms with van der Waals surface area (Å²) >= 11 is 13.5. The summed E-state index contributed by atoms with van der Waals surface area (Å²) in [6.07, 6.45) is 9.25. The molecule has 2 aromatic carbocycles. The summed E-state index contributed by atoms with van der Waals surface area (Å²) in [6, 6.07) is 10.5. The summed E-state index contributed by atoms with van der Waals surface area (Å²) in [6.45, 7) is 6.86. The first kappa shape index (κ1) is 42.7. The predicted octanol–water partition coefficient (Wildman–Crippen LogP) is 5.35. The van der Waals surface area contributed by atoms with E-state index in [1.807, 2.05) is 44.2 Å². The van der Waals surface area contributed by atoms with Crippen LogP contribution in [-0.2, 0) is 25.7 Å². The van der Waals surface area contributed by atoms with Gasteiger partial charge in [-0.1, -0.05) is 35.3 Å². The number of carbonyl (C=O) groups is 4. The molecule has 1 atom stereocenters. The number of fused-ring (bicyclic) bond motifs is 2. The minimum absolute atomic E-state index is 0.0391. The van der Waals surface area contributed by atoms with Crippen molar-refractivity contribution in [2.45, 2.75) is 95.7 Å². The molecular formula is C45H49Cl2N9O7. The Morgan fingerprint density at radius 3 is 2.48 bits per heavy atom. The largest absolute Gasteiger partial charge is 0.478 e. The van der Waals surface area contributed by atoms with Crippen molar-refractivity contribution in [3.8, 4) is 5.75 Å². The number of halogens is 2. The third kappa shape index (κ3) is 8.61. The van der Waals surface area contributed by atoms with Gasteiger partial charge in [0.05, 0.1) is 28.9 Å². The maximum Gasteiger partial charge on any atom is 0.293 e.